The summed E-state index contributed by atoms with van der Waals surface area (Å²) in [4.78, 5) is 26.4. The first-order valence-electron chi connectivity index (χ1n) is 9.68. The smallest absolute Gasteiger partial charge is 0.276 e. The zero-order valence-electron chi connectivity index (χ0n) is 15.1. The maximum Gasteiger partial charge on any atom is 0.276 e. The van der Waals surface area contributed by atoms with Gasteiger partial charge in [0, 0.05) is 25.1 Å². The Morgan fingerprint density at radius 2 is 1.64 bits per heavy atom. The average Bonchev–Trinajstić information content (AvgIpc) is 3.11. The zero-order valence-corrected chi connectivity index (χ0v) is 15.1. The van der Waals surface area contributed by atoms with E-state index in [1.165, 1.54) is 45.4 Å². The van der Waals surface area contributed by atoms with Crippen molar-refractivity contribution in [3.63, 3.8) is 0 Å². The van der Waals surface area contributed by atoms with Gasteiger partial charge in [0.05, 0.1) is 6.54 Å². The maximum absolute atomic E-state index is 13.2. The Morgan fingerprint density at radius 3 is 2.16 bits per heavy atom. The summed E-state index contributed by atoms with van der Waals surface area (Å²) in [7, 11) is 0. The lowest BCUT2D eigenvalue weighted by Crippen LogP contribution is -2.48. The topological polar surface area (TPSA) is 75.4 Å². The highest BCUT2D eigenvalue weighted by Gasteiger charge is 2.34. The molecule has 3 rings (SSSR count). The number of hydrogen-bond donors (Lipinski definition) is 1. The summed E-state index contributed by atoms with van der Waals surface area (Å²) in [5.74, 6) is 0.387. The van der Waals surface area contributed by atoms with Gasteiger partial charge in [-0.1, -0.05) is 43.7 Å². The van der Waals surface area contributed by atoms with Gasteiger partial charge in [-0.05, 0) is 25.7 Å². The van der Waals surface area contributed by atoms with Crippen molar-refractivity contribution in [3.8, 4) is 0 Å². The van der Waals surface area contributed by atoms with Crippen molar-refractivity contribution in [3.05, 3.63) is 17.5 Å². The van der Waals surface area contributed by atoms with Crippen molar-refractivity contribution in [1.82, 2.24) is 15.4 Å². The van der Waals surface area contributed by atoms with Crippen molar-refractivity contribution in [1.29, 1.82) is 0 Å². The van der Waals surface area contributed by atoms with Gasteiger partial charge in [-0.15, -0.1) is 0 Å². The Balaban J connectivity index is 1.74. The third-order valence-corrected chi connectivity index (χ3v) is 5.46. The largest absolute Gasteiger partial charge is 0.359 e. The van der Waals surface area contributed by atoms with E-state index < -0.39 is 0 Å². The van der Waals surface area contributed by atoms with Gasteiger partial charge in [-0.25, -0.2) is 0 Å². The molecule has 0 aliphatic heterocycles. The second kappa shape index (κ2) is 8.50. The summed E-state index contributed by atoms with van der Waals surface area (Å²) in [6, 6.07) is 2.34. The molecule has 2 aliphatic rings. The molecule has 138 valence electrons. The third kappa shape index (κ3) is 4.61. The molecule has 2 fully saturated rings. The summed E-state index contributed by atoms with van der Waals surface area (Å²) < 4.78 is 5.25. The summed E-state index contributed by atoms with van der Waals surface area (Å²) in [6.45, 7) is 1.72. The first kappa shape index (κ1) is 18.0. The van der Waals surface area contributed by atoms with E-state index in [2.05, 4.69) is 15.4 Å². The van der Waals surface area contributed by atoms with Crippen LogP contribution in [0.2, 0.25) is 0 Å². The lowest BCUT2D eigenvalue weighted by atomic mass is 9.88. The standard InChI is InChI=1S/C19H29N3O3/c1-14(23)20-13-17-12-18(21-25-17)19(24)22(15-8-4-2-5-9-15)16-10-6-3-7-11-16/h12,15-16H,2-11,13H2,1H3,(H,20,23). The van der Waals surface area contributed by atoms with Crippen molar-refractivity contribution < 1.29 is 14.1 Å². The molecule has 0 bridgehead atoms. The molecule has 0 spiro atoms. The number of aromatic nitrogens is 1. The summed E-state index contributed by atoms with van der Waals surface area (Å²) in [5, 5.41) is 6.66. The lowest BCUT2D eigenvalue weighted by molar-refractivity contribution is -0.119. The second-order valence-electron chi connectivity index (χ2n) is 7.38. The van der Waals surface area contributed by atoms with E-state index in [4.69, 9.17) is 4.52 Å². The first-order chi connectivity index (χ1) is 12.1. The van der Waals surface area contributed by atoms with Crippen LogP contribution in [0.25, 0.3) is 0 Å². The van der Waals surface area contributed by atoms with Crippen LogP contribution in [0.3, 0.4) is 0 Å². The molecule has 1 aromatic rings. The van der Waals surface area contributed by atoms with Crippen LogP contribution >= 0.6 is 0 Å². The second-order valence-corrected chi connectivity index (χ2v) is 7.38. The molecule has 2 amide bonds. The fraction of sp³-hybridized carbons (Fsp3) is 0.737. The van der Waals surface area contributed by atoms with Gasteiger partial charge < -0.3 is 14.7 Å². The number of hydrogen-bond acceptors (Lipinski definition) is 4. The molecule has 6 nitrogen and oxygen atoms in total. The fourth-order valence-electron chi connectivity index (χ4n) is 4.19. The van der Waals surface area contributed by atoms with Gasteiger partial charge in [0.15, 0.2) is 11.5 Å². The van der Waals surface area contributed by atoms with Crippen molar-refractivity contribution >= 4 is 11.8 Å². The van der Waals surface area contributed by atoms with Crippen molar-refractivity contribution in [2.75, 3.05) is 0 Å². The first-order valence-corrected chi connectivity index (χ1v) is 9.68. The molecule has 0 atom stereocenters. The highest BCUT2D eigenvalue weighted by Crippen LogP contribution is 2.31. The van der Waals surface area contributed by atoms with Gasteiger partial charge in [0.2, 0.25) is 5.91 Å². The highest BCUT2D eigenvalue weighted by atomic mass is 16.5. The van der Waals surface area contributed by atoms with E-state index in [0.29, 0.717) is 23.5 Å². The van der Waals surface area contributed by atoms with Crippen LogP contribution < -0.4 is 5.32 Å². The Morgan fingerprint density at radius 1 is 1.08 bits per heavy atom. The molecular weight excluding hydrogens is 318 g/mol. The minimum atomic E-state index is -0.129. The molecule has 0 aromatic carbocycles. The van der Waals surface area contributed by atoms with Crippen LogP contribution in [-0.2, 0) is 11.3 Å². The number of nitrogens with one attached hydrogen (secondary N) is 1. The van der Waals surface area contributed by atoms with E-state index >= 15 is 0 Å². The van der Waals surface area contributed by atoms with E-state index in [-0.39, 0.29) is 18.4 Å². The minimum absolute atomic E-state index is 0.00312. The SMILES string of the molecule is CC(=O)NCc1cc(C(=O)N(C2CCCCC2)C2CCCCC2)no1. The van der Waals surface area contributed by atoms with Gasteiger partial charge in [0.25, 0.3) is 5.91 Å². The molecule has 2 saturated carbocycles. The van der Waals surface area contributed by atoms with Gasteiger partial charge in [-0.3, -0.25) is 9.59 Å². The van der Waals surface area contributed by atoms with Crippen LogP contribution in [0.4, 0.5) is 0 Å². The van der Waals surface area contributed by atoms with Crippen molar-refractivity contribution in [2.45, 2.75) is 89.8 Å². The van der Waals surface area contributed by atoms with E-state index in [1.54, 1.807) is 6.07 Å². The van der Waals surface area contributed by atoms with Crippen LogP contribution in [0, 0.1) is 0 Å². The molecule has 1 aromatic heterocycles. The molecule has 6 heteroatoms. The molecule has 0 radical (unpaired) electrons. The number of carbonyl (C=O) groups is 2. The van der Waals surface area contributed by atoms with E-state index in [0.717, 1.165) is 25.7 Å². The molecule has 1 heterocycles. The van der Waals surface area contributed by atoms with Crippen LogP contribution in [0.15, 0.2) is 10.6 Å². The Bertz CT molecular complexity index is 568. The molecule has 0 unspecified atom stereocenters. The summed E-state index contributed by atoms with van der Waals surface area (Å²) in [5.41, 5.74) is 0.372. The molecule has 0 saturated heterocycles. The number of amides is 2. The summed E-state index contributed by atoms with van der Waals surface area (Å²) in [6.07, 6.45) is 11.7. The van der Waals surface area contributed by atoms with Crippen LogP contribution in [-0.4, -0.2) is 34.0 Å². The fourth-order valence-corrected chi connectivity index (χ4v) is 4.19. The zero-order chi connectivity index (χ0) is 17.6. The Labute approximate surface area is 149 Å². The quantitative estimate of drug-likeness (QED) is 0.885. The van der Waals surface area contributed by atoms with E-state index in [1.807, 2.05) is 0 Å². The van der Waals surface area contributed by atoms with E-state index in [9.17, 15) is 9.59 Å². The van der Waals surface area contributed by atoms with Gasteiger partial charge in [-0.2, -0.15) is 0 Å². The Kier molecular flexibility index (Phi) is 6.10. The monoisotopic (exact) mass is 347 g/mol. The van der Waals surface area contributed by atoms with Crippen LogP contribution in [0.1, 0.15) is 87.4 Å². The normalized spacial score (nSPS) is 19.6. The third-order valence-electron chi connectivity index (χ3n) is 5.46. The Hall–Kier alpha value is -1.85. The summed E-state index contributed by atoms with van der Waals surface area (Å²) >= 11 is 0. The molecular formula is C19H29N3O3. The lowest BCUT2D eigenvalue weighted by Gasteiger charge is -2.41. The number of nitrogens with zero attached hydrogens (tertiary/aromatic N) is 2. The number of carbonyl (C=O) groups excluding carboxylic acids is 2. The predicted octanol–water partition coefficient (Wildman–Crippen LogP) is 3.42. The van der Waals surface area contributed by atoms with Gasteiger partial charge >= 0.3 is 0 Å². The predicted molar refractivity (Wildman–Crippen MR) is 93.9 cm³/mol. The molecule has 2 aliphatic carbocycles. The van der Waals surface area contributed by atoms with Gasteiger partial charge in [0.1, 0.15) is 0 Å². The molecule has 1 N–H and O–H groups in total. The average molecular weight is 347 g/mol. The minimum Gasteiger partial charge on any atom is -0.359 e. The van der Waals surface area contributed by atoms with Crippen molar-refractivity contribution in [2.24, 2.45) is 0 Å². The van der Waals surface area contributed by atoms with Crippen LogP contribution in [0.5, 0.6) is 0 Å². The maximum atomic E-state index is 13.2. The molecule has 25 heavy (non-hydrogen) atoms. The number of rotatable bonds is 5. The highest BCUT2D eigenvalue weighted by molar-refractivity contribution is 5.92.